The molecule has 2 unspecified atom stereocenters. The van der Waals surface area contributed by atoms with Gasteiger partial charge in [-0.3, -0.25) is 4.99 Å². The van der Waals surface area contributed by atoms with E-state index < -0.39 is 5.60 Å². The van der Waals surface area contributed by atoms with Crippen molar-refractivity contribution in [1.82, 2.24) is 25.4 Å². The van der Waals surface area contributed by atoms with Crippen LogP contribution in [0.25, 0.3) is 0 Å². The van der Waals surface area contributed by atoms with Gasteiger partial charge < -0.3 is 20.5 Å². The summed E-state index contributed by atoms with van der Waals surface area (Å²) in [5.74, 6) is 2.43. The van der Waals surface area contributed by atoms with Crippen LogP contribution in [0.15, 0.2) is 29.3 Å². The van der Waals surface area contributed by atoms with Crippen molar-refractivity contribution >= 4 is 5.96 Å². The van der Waals surface area contributed by atoms with E-state index in [1.165, 1.54) is 5.56 Å². The minimum absolute atomic E-state index is 0.210. The zero-order valence-electron chi connectivity index (χ0n) is 16.5. The molecule has 2 heterocycles. The Kier molecular flexibility index (Phi) is 5.32. The number of aryl methyl sites for hydroxylation is 2. The van der Waals surface area contributed by atoms with Crippen molar-refractivity contribution in [3.05, 3.63) is 47.0 Å². The third-order valence-corrected chi connectivity index (χ3v) is 5.61. The van der Waals surface area contributed by atoms with Crippen LogP contribution in [0.4, 0.5) is 0 Å². The van der Waals surface area contributed by atoms with E-state index in [0.29, 0.717) is 19.1 Å². The van der Waals surface area contributed by atoms with Crippen molar-refractivity contribution in [2.75, 3.05) is 20.7 Å². The number of hydrogen-bond acceptors (Lipinski definition) is 5. The summed E-state index contributed by atoms with van der Waals surface area (Å²) in [6.45, 7) is 1.60. The zero-order valence-corrected chi connectivity index (χ0v) is 16.5. The van der Waals surface area contributed by atoms with E-state index in [1.807, 2.05) is 22.9 Å². The molecule has 8 nitrogen and oxygen atoms in total. The van der Waals surface area contributed by atoms with Crippen LogP contribution < -0.4 is 10.6 Å². The summed E-state index contributed by atoms with van der Waals surface area (Å²) in [5, 5.41) is 22.4. The minimum atomic E-state index is -0.852. The van der Waals surface area contributed by atoms with E-state index in [9.17, 15) is 5.11 Å². The van der Waals surface area contributed by atoms with Gasteiger partial charge >= 0.3 is 0 Å². The number of nitrogens with zero attached hydrogens (tertiary/aromatic N) is 4. The summed E-state index contributed by atoms with van der Waals surface area (Å²) in [6, 6.07) is 8.33. The number of aliphatic hydroxyl groups is 1. The monoisotopic (exact) mass is 384 g/mol. The van der Waals surface area contributed by atoms with Crippen LogP contribution in [0.3, 0.4) is 0 Å². The van der Waals surface area contributed by atoms with Crippen LogP contribution in [0, 0.1) is 0 Å². The molecule has 0 bridgehead atoms. The van der Waals surface area contributed by atoms with Crippen molar-refractivity contribution in [3.8, 4) is 0 Å². The quantitative estimate of drug-likeness (QED) is 0.520. The van der Waals surface area contributed by atoms with Gasteiger partial charge in [0.1, 0.15) is 18.0 Å². The molecule has 3 N–H and O–H groups in total. The minimum Gasteiger partial charge on any atom is -0.383 e. The average molecular weight is 384 g/mol. The Hall–Kier alpha value is -2.45. The van der Waals surface area contributed by atoms with Crippen molar-refractivity contribution in [3.63, 3.8) is 0 Å². The molecular weight excluding hydrogens is 356 g/mol. The lowest BCUT2D eigenvalue weighted by molar-refractivity contribution is 0.0431. The molecule has 2 aromatic rings. The number of ether oxygens (including phenoxy) is 1. The number of aromatic nitrogens is 3. The maximum Gasteiger partial charge on any atom is 0.191 e. The molecule has 0 saturated heterocycles. The SMILES string of the molecule is CN=C(NCC1(O)CCc2ccccc21)NC1CCc2nc(COC)nn2C1. The predicted octanol–water partition coefficient (Wildman–Crippen LogP) is 0.738. The summed E-state index contributed by atoms with van der Waals surface area (Å²) in [6.07, 6.45) is 3.45. The van der Waals surface area contributed by atoms with Crippen molar-refractivity contribution in [2.45, 2.75) is 50.5 Å². The third-order valence-electron chi connectivity index (χ3n) is 5.61. The normalized spacial score (nSPS) is 24.0. The fourth-order valence-electron chi connectivity index (χ4n) is 4.14. The number of benzene rings is 1. The lowest BCUT2D eigenvalue weighted by atomic mass is 9.96. The lowest BCUT2D eigenvalue weighted by Gasteiger charge is -2.28. The standard InChI is InChI=1S/C20H28N6O2/c1-21-19(22-13-20(27)10-9-14-5-3-4-6-16(14)20)23-15-7-8-18-24-17(12-28-2)25-26(18)11-15/h3-6,15,27H,7-13H2,1-2H3,(H2,21,22,23). The van der Waals surface area contributed by atoms with Gasteiger partial charge in [0.25, 0.3) is 0 Å². The molecule has 150 valence electrons. The maximum atomic E-state index is 11.1. The van der Waals surface area contributed by atoms with Crippen LogP contribution in [-0.4, -0.2) is 52.6 Å². The molecule has 0 radical (unpaired) electrons. The fourth-order valence-corrected chi connectivity index (χ4v) is 4.14. The largest absolute Gasteiger partial charge is 0.383 e. The molecule has 1 aromatic heterocycles. The van der Waals surface area contributed by atoms with Crippen LogP contribution in [-0.2, 0) is 36.3 Å². The summed E-state index contributed by atoms with van der Waals surface area (Å²) in [4.78, 5) is 8.85. The van der Waals surface area contributed by atoms with Crippen molar-refractivity contribution in [1.29, 1.82) is 0 Å². The highest BCUT2D eigenvalue weighted by molar-refractivity contribution is 5.80. The number of methoxy groups -OCH3 is 1. The molecule has 2 atom stereocenters. The number of nitrogens with one attached hydrogen (secondary N) is 2. The Morgan fingerprint density at radius 3 is 3.07 bits per heavy atom. The molecule has 1 aliphatic heterocycles. The van der Waals surface area contributed by atoms with Gasteiger partial charge in [0.2, 0.25) is 0 Å². The van der Waals surface area contributed by atoms with Crippen LogP contribution in [0.1, 0.15) is 35.6 Å². The molecule has 1 aliphatic carbocycles. The second-order valence-electron chi connectivity index (χ2n) is 7.55. The topological polar surface area (TPSA) is 96.6 Å². The summed E-state index contributed by atoms with van der Waals surface area (Å²) >= 11 is 0. The van der Waals surface area contributed by atoms with E-state index >= 15 is 0 Å². The molecule has 0 saturated carbocycles. The first-order chi connectivity index (χ1) is 13.6. The van der Waals surface area contributed by atoms with E-state index in [1.54, 1.807) is 14.2 Å². The first-order valence-corrected chi connectivity index (χ1v) is 9.81. The van der Waals surface area contributed by atoms with Gasteiger partial charge in [-0.25, -0.2) is 9.67 Å². The highest BCUT2D eigenvalue weighted by Crippen LogP contribution is 2.36. The van der Waals surface area contributed by atoms with E-state index in [4.69, 9.17) is 4.74 Å². The summed E-state index contributed by atoms with van der Waals surface area (Å²) in [5.41, 5.74) is 1.40. The Morgan fingerprint density at radius 1 is 1.39 bits per heavy atom. The Labute approximate surface area is 165 Å². The smallest absolute Gasteiger partial charge is 0.191 e. The van der Waals surface area contributed by atoms with E-state index in [0.717, 1.165) is 49.4 Å². The first-order valence-electron chi connectivity index (χ1n) is 9.81. The van der Waals surface area contributed by atoms with Gasteiger partial charge in [-0.05, 0) is 30.4 Å². The van der Waals surface area contributed by atoms with Gasteiger partial charge in [0.05, 0.1) is 13.1 Å². The second kappa shape index (κ2) is 7.89. The molecular formula is C20H28N6O2. The average Bonchev–Trinajstić information content (AvgIpc) is 3.26. The predicted molar refractivity (Wildman–Crippen MR) is 106 cm³/mol. The highest BCUT2D eigenvalue weighted by atomic mass is 16.5. The molecule has 2 aliphatic rings. The Bertz CT molecular complexity index is 864. The van der Waals surface area contributed by atoms with Crippen LogP contribution >= 0.6 is 0 Å². The van der Waals surface area contributed by atoms with Crippen LogP contribution in [0.2, 0.25) is 0 Å². The number of guanidine groups is 1. The fraction of sp³-hybridized carbons (Fsp3) is 0.550. The van der Waals surface area contributed by atoms with Crippen LogP contribution in [0.5, 0.6) is 0 Å². The third kappa shape index (κ3) is 3.74. The Morgan fingerprint density at radius 2 is 2.25 bits per heavy atom. The molecule has 0 fully saturated rings. The number of fused-ring (bicyclic) bond motifs is 2. The molecule has 4 rings (SSSR count). The van der Waals surface area contributed by atoms with E-state index in [-0.39, 0.29) is 6.04 Å². The molecule has 0 amide bonds. The van der Waals surface area contributed by atoms with Gasteiger partial charge in [0.15, 0.2) is 11.8 Å². The van der Waals surface area contributed by atoms with E-state index in [2.05, 4.69) is 31.8 Å². The van der Waals surface area contributed by atoms with Gasteiger partial charge in [-0.1, -0.05) is 24.3 Å². The first kappa shape index (κ1) is 18.9. The van der Waals surface area contributed by atoms with Crippen molar-refractivity contribution in [2.24, 2.45) is 4.99 Å². The molecule has 0 spiro atoms. The lowest BCUT2D eigenvalue weighted by Crippen LogP contribution is -2.50. The highest BCUT2D eigenvalue weighted by Gasteiger charge is 2.36. The maximum absolute atomic E-state index is 11.1. The van der Waals surface area contributed by atoms with Gasteiger partial charge in [-0.2, -0.15) is 5.10 Å². The summed E-state index contributed by atoms with van der Waals surface area (Å²) in [7, 11) is 3.40. The van der Waals surface area contributed by atoms with Crippen molar-refractivity contribution < 1.29 is 9.84 Å². The second-order valence-corrected chi connectivity index (χ2v) is 7.55. The summed E-state index contributed by atoms with van der Waals surface area (Å²) < 4.78 is 7.07. The molecule has 8 heteroatoms. The Balaban J connectivity index is 1.35. The van der Waals surface area contributed by atoms with Gasteiger partial charge in [-0.15, -0.1) is 0 Å². The molecule has 1 aromatic carbocycles. The molecule has 28 heavy (non-hydrogen) atoms. The number of hydrogen-bond donors (Lipinski definition) is 3. The number of rotatable bonds is 5. The zero-order chi connectivity index (χ0) is 19.6. The van der Waals surface area contributed by atoms with Gasteiger partial charge in [0, 0.05) is 26.6 Å². The number of aliphatic imine (C=N–C) groups is 1.